The molecule has 0 spiro atoms. The minimum atomic E-state index is 0.612. The Hall–Kier alpha value is -0.990. The monoisotopic (exact) mass is 179 g/mol. The third-order valence-corrected chi connectivity index (χ3v) is 2.95. The predicted molar refractivity (Wildman–Crippen MR) is 53.3 cm³/mol. The van der Waals surface area contributed by atoms with E-state index in [2.05, 4.69) is 10.2 Å². The fourth-order valence-corrected chi connectivity index (χ4v) is 2.17. The van der Waals surface area contributed by atoms with Crippen LogP contribution in [0, 0.1) is 5.92 Å². The maximum absolute atomic E-state index is 5.52. The van der Waals surface area contributed by atoms with Crippen molar-refractivity contribution in [2.24, 2.45) is 5.92 Å². The molecule has 3 nitrogen and oxygen atoms in total. The minimum absolute atomic E-state index is 0.612. The number of hydrogen-bond donors (Lipinski definition) is 2. The van der Waals surface area contributed by atoms with Gasteiger partial charge in [0.05, 0.1) is 0 Å². The number of anilines is 1. The molecule has 0 atom stereocenters. The maximum Gasteiger partial charge on any atom is 0.145 e. The molecule has 1 fully saturated rings. The van der Waals surface area contributed by atoms with Crippen molar-refractivity contribution in [3.8, 4) is 0 Å². The maximum atomic E-state index is 5.52. The van der Waals surface area contributed by atoms with Crippen LogP contribution in [0.5, 0.6) is 0 Å². The lowest BCUT2D eigenvalue weighted by atomic mass is 10.0. The fraction of sp³-hybridized carbons (Fsp3) is 0.700. The molecule has 0 amide bonds. The molecule has 1 aromatic heterocycles. The van der Waals surface area contributed by atoms with E-state index in [1.807, 2.05) is 6.07 Å². The molecule has 0 aliphatic heterocycles. The van der Waals surface area contributed by atoms with Crippen LogP contribution in [0.15, 0.2) is 6.07 Å². The Morgan fingerprint density at radius 3 is 2.85 bits per heavy atom. The van der Waals surface area contributed by atoms with Gasteiger partial charge in [0, 0.05) is 11.8 Å². The van der Waals surface area contributed by atoms with Gasteiger partial charge >= 0.3 is 0 Å². The summed E-state index contributed by atoms with van der Waals surface area (Å²) in [6.07, 6.45) is 8.09. The predicted octanol–water partition coefficient (Wildman–Crippen LogP) is 2.11. The molecule has 72 valence electrons. The Bertz CT molecular complexity index is 261. The topological polar surface area (TPSA) is 54.7 Å². The molecule has 1 aliphatic carbocycles. The number of nitrogen functional groups attached to an aromatic ring is 1. The van der Waals surface area contributed by atoms with Crippen LogP contribution >= 0.6 is 0 Å². The van der Waals surface area contributed by atoms with Gasteiger partial charge < -0.3 is 5.73 Å². The number of hydrogen-bond acceptors (Lipinski definition) is 2. The molecule has 13 heavy (non-hydrogen) atoms. The first-order valence-corrected chi connectivity index (χ1v) is 5.14. The van der Waals surface area contributed by atoms with Crippen molar-refractivity contribution < 1.29 is 0 Å². The molecule has 1 heterocycles. The van der Waals surface area contributed by atoms with E-state index in [0.29, 0.717) is 5.82 Å². The summed E-state index contributed by atoms with van der Waals surface area (Å²) in [7, 11) is 0. The normalized spacial score (nSPS) is 18.2. The highest BCUT2D eigenvalue weighted by atomic mass is 15.1. The molecule has 3 heteroatoms. The zero-order chi connectivity index (χ0) is 9.10. The summed E-state index contributed by atoms with van der Waals surface area (Å²) < 4.78 is 0. The van der Waals surface area contributed by atoms with Gasteiger partial charge in [-0.15, -0.1) is 0 Å². The second kappa shape index (κ2) is 3.81. The Balaban J connectivity index is 1.78. The van der Waals surface area contributed by atoms with Crippen LogP contribution in [0.25, 0.3) is 0 Å². The van der Waals surface area contributed by atoms with Crippen molar-refractivity contribution in [3.63, 3.8) is 0 Å². The lowest BCUT2D eigenvalue weighted by Crippen LogP contribution is -1.96. The van der Waals surface area contributed by atoms with Crippen molar-refractivity contribution >= 4 is 5.82 Å². The van der Waals surface area contributed by atoms with Gasteiger partial charge in [0.15, 0.2) is 0 Å². The molecular formula is C10H17N3. The highest BCUT2D eigenvalue weighted by Crippen LogP contribution is 2.28. The van der Waals surface area contributed by atoms with Gasteiger partial charge in [-0.1, -0.05) is 25.7 Å². The first-order valence-electron chi connectivity index (χ1n) is 5.14. The number of aryl methyl sites for hydroxylation is 1. The first-order chi connectivity index (χ1) is 6.34. The standard InChI is InChI=1S/C10H17N3/c11-10-7-9(12-13-10)6-5-8-3-1-2-4-8/h7-8H,1-6H2,(H3,11,12,13). The average molecular weight is 179 g/mol. The lowest BCUT2D eigenvalue weighted by molar-refractivity contribution is 0.500. The third kappa shape index (κ3) is 2.23. The van der Waals surface area contributed by atoms with Gasteiger partial charge in [0.1, 0.15) is 5.82 Å². The van der Waals surface area contributed by atoms with Crippen molar-refractivity contribution in [1.82, 2.24) is 10.2 Å². The molecular weight excluding hydrogens is 162 g/mol. The van der Waals surface area contributed by atoms with Gasteiger partial charge in [-0.2, -0.15) is 5.10 Å². The van der Waals surface area contributed by atoms with E-state index < -0.39 is 0 Å². The highest BCUT2D eigenvalue weighted by molar-refractivity contribution is 5.28. The molecule has 0 aromatic carbocycles. The van der Waals surface area contributed by atoms with Crippen molar-refractivity contribution in [2.75, 3.05) is 5.73 Å². The molecule has 1 aromatic rings. The third-order valence-electron chi connectivity index (χ3n) is 2.95. The molecule has 3 N–H and O–H groups in total. The molecule has 0 unspecified atom stereocenters. The Morgan fingerprint density at radius 2 is 2.23 bits per heavy atom. The van der Waals surface area contributed by atoms with Gasteiger partial charge in [-0.3, -0.25) is 5.10 Å². The number of H-pyrrole nitrogens is 1. The van der Waals surface area contributed by atoms with E-state index in [0.717, 1.165) is 12.3 Å². The number of rotatable bonds is 3. The second-order valence-corrected chi connectivity index (χ2v) is 4.01. The van der Waals surface area contributed by atoms with Crippen molar-refractivity contribution in [2.45, 2.75) is 38.5 Å². The van der Waals surface area contributed by atoms with Crippen LogP contribution < -0.4 is 5.73 Å². The molecule has 1 aliphatic rings. The molecule has 2 rings (SSSR count). The van der Waals surface area contributed by atoms with E-state index in [1.54, 1.807) is 0 Å². The van der Waals surface area contributed by atoms with E-state index in [9.17, 15) is 0 Å². The minimum Gasteiger partial charge on any atom is -0.382 e. The van der Waals surface area contributed by atoms with Gasteiger partial charge in [0.2, 0.25) is 0 Å². The summed E-state index contributed by atoms with van der Waals surface area (Å²) in [5, 5.41) is 6.87. The number of nitrogens with zero attached hydrogens (tertiary/aromatic N) is 1. The van der Waals surface area contributed by atoms with Crippen LogP contribution in [0.2, 0.25) is 0 Å². The summed E-state index contributed by atoms with van der Waals surface area (Å²) in [5.41, 5.74) is 6.70. The summed E-state index contributed by atoms with van der Waals surface area (Å²) in [6.45, 7) is 0. The average Bonchev–Trinajstić information content (AvgIpc) is 2.71. The number of nitrogens with two attached hydrogens (primary N) is 1. The van der Waals surface area contributed by atoms with Gasteiger partial charge in [-0.25, -0.2) is 0 Å². The zero-order valence-electron chi connectivity index (χ0n) is 7.92. The van der Waals surface area contributed by atoms with E-state index in [4.69, 9.17) is 5.73 Å². The molecule has 0 saturated heterocycles. The van der Waals surface area contributed by atoms with Gasteiger partial charge in [0.25, 0.3) is 0 Å². The van der Waals surface area contributed by atoms with Crippen LogP contribution in [-0.2, 0) is 6.42 Å². The van der Waals surface area contributed by atoms with Gasteiger partial charge in [-0.05, 0) is 18.8 Å². The summed E-state index contributed by atoms with van der Waals surface area (Å²) in [4.78, 5) is 0. The number of aromatic amines is 1. The molecule has 0 bridgehead atoms. The summed E-state index contributed by atoms with van der Waals surface area (Å²) in [5.74, 6) is 1.56. The van der Waals surface area contributed by atoms with Crippen LogP contribution in [0.1, 0.15) is 37.8 Å². The first kappa shape index (κ1) is 8.60. The van der Waals surface area contributed by atoms with Crippen molar-refractivity contribution in [1.29, 1.82) is 0 Å². The number of aromatic nitrogens is 2. The van der Waals surface area contributed by atoms with E-state index >= 15 is 0 Å². The van der Waals surface area contributed by atoms with E-state index in [-0.39, 0.29) is 0 Å². The quantitative estimate of drug-likeness (QED) is 0.746. The van der Waals surface area contributed by atoms with Crippen LogP contribution in [0.3, 0.4) is 0 Å². The van der Waals surface area contributed by atoms with E-state index in [1.165, 1.54) is 37.8 Å². The molecule has 0 radical (unpaired) electrons. The Labute approximate surface area is 78.7 Å². The molecule has 1 saturated carbocycles. The van der Waals surface area contributed by atoms with Crippen LogP contribution in [0.4, 0.5) is 5.82 Å². The van der Waals surface area contributed by atoms with Crippen LogP contribution in [-0.4, -0.2) is 10.2 Å². The number of nitrogens with one attached hydrogen (secondary N) is 1. The highest BCUT2D eigenvalue weighted by Gasteiger charge is 2.14. The smallest absolute Gasteiger partial charge is 0.145 e. The summed E-state index contributed by atoms with van der Waals surface area (Å²) in [6, 6.07) is 1.94. The zero-order valence-corrected chi connectivity index (χ0v) is 7.92. The lowest BCUT2D eigenvalue weighted by Gasteiger charge is -2.05. The fourth-order valence-electron chi connectivity index (χ4n) is 2.17. The second-order valence-electron chi connectivity index (χ2n) is 4.01. The Kier molecular flexibility index (Phi) is 2.52. The largest absolute Gasteiger partial charge is 0.382 e. The van der Waals surface area contributed by atoms with Crippen molar-refractivity contribution in [3.05, 3.63) is 11.8 Å². The summed E-state index contributed by atoms with van der Waals surface area (Å²) >= 11 is 0. The SMILES string of the molecule is Nc1cc(CCC2CCCC2)[nH]n1. The Morgan fingerprint density at radius 1 is 1.46 bits per heavy atom.